The van der Waals surface area contributed by atoms with Crippen LogP contribution in [0.4, 0.5) is 23.2 Å². The number of nitrogens with one attached hydrogen (secondary N) is 1. The van der Waals surface area contributed by atoms with Crippen molar-refractivity contribution in [1.82, 2.24) is 15.0 Å². The van der Waals surface area contributed by atoms with Gasteiger partial charge in [-0.05, 0) is 42.3 Å². The van der Waals surface area contributed by atoms with Crippen LogP contribution in [0.25, 0.3) is 10.7 Å². The van der Waals surface area contributed by atoms with Crippen LogP contribution in [0.2, 0.25) is 0 Å². The van der Waals surface area contributed by atoms with Crippen LogP contribution in [-0.4, -0.2) is 34.0 Å². The summed E-state index contributed by atoms with van der Waals surface area (Å²) < 4.78 is 55.1. The Morgan fingerprint density at radius 1 is 1.28 bits per heavy atom. The molecule has 3 aromatic rings. The van der Waals surface area contributed by atoms with Crippen molar-refractivity contribution in [3.63, 3.8) is 0 Å². The zero-order valence-electron chi connectivity index (χ0n) is 14.8. The van der Waals surface area contributed by atoms with Gasteiger partial charge in [0.2, 0.25) is 11.7 Å². The van der Waals surface area contributed by atoms with Crippen molar-refractivity contribution < 1.29 is 26.9 Å². The average Bonchev–Trinajstić information content (AvgIpc) is 3.29. The van der Waals surface area contributed by atoms with Crippen LogP contribution in [0.1, 0.15) is 16.3 Å². The Balaban J connectivity index is 1.40. The fourth-order valence-corrected chi connectivity index (χ4v) is 4.10. The maximum atomic E-state index is 12.9. The van der Waals surface area contributed by atoms with Gasteiger partial charge in [0.1, 0.15) is 5.82 Å². The molecule has 1 amide bonds. The van der Waals surface area contributed by atoms with Crippen LogP contribution in [-0.2, 0) is 23.9 Å². The van der Waals surface area contributed by atoms with E-state index in [1.165, 1.54) is 35.6 Å². The molecule has 1 N–H and O–H groups in total. The van der Waals surface area contributed by atoms with Gasteiger partial charge in [-0.15, -0.1) is 11.3 Å². The van der Waals surface area contributed by atoms with Crippen molar-refractivity contribution in [2.24, 2.45) is 0 Å². The molecule has 0 saturated heterocycles. The first-order valence-electron chi connectivity index (χ1n) is 8.58. The Kier molecular flexibility index (Phi) is 5.09. The molecule has 0 bridgehead atoms. The molecule has 2 aromatic heterocycles. The lowest BCUT2D eigenvalue weighted by molar-refractivity contribution is -0.159. The number of nitrogens with zero attached hydrogens (tertiary/aromatic N) is 3. The molecule has 152 valence electrons. The lowest BCUT2D eigenvalue weighted by Gasteiger charge is -2.26. The van der Waals surface area contributed by atoms with Crippen molar-refractivity contribution in [3.05, 3.63) is 52.5 Å². The first kappa shape index (κ1) is 19.5. The number of rotatable bonds is 4. The van der Waals surface area contributed by atoms with Crippen molar-refractivity contribution >= 4 is 22.9 Å². The lowest BCUT2D eigenvalue weighted by Crippen LogP contribution is -2.36. The summed E-state index contributed by atoms with van der Waals surface area (Å²) in [5.41, 5.74) is 1.42. The fourth-order valence-electron chi connectivity index (χ4n) is 3.01. The van der Waals surface area contributed by atoms with Gasteiger partial charge in [0.25, 0.3) is 0 Å². The van der Waals surface area contributed by atoms with Crippen molar-refractivity contribution in [2.75, 3.05) is 18.4 Å². The van der Waals surface area contributed by atoms with E-state index in [1.807, 2.05) is 4.90 Å². The number of benzene rings is 1. The van der Waals surface area contributed by atoms with E-state index in [-0.39, 0.29) is 24.1 Å². The molecule has 0 fully saturated rings. The Morgan fingerprint density at radius 2 is 2.03 bits per heavy atom. The topological polar surface area (TPSA) is 71.3 Å². The Hall–Kier alpha value is -2.79. The molecule has 1 aromatic carbocycles. The normalized spacial score (nSPS) is 14.6. The molecule has 0 radical (unpaired) electrons. The number of alkyl halides is 3. The number of hydrogen-bond acceptors (Lipinski definition) is 6. The maximum absolute atomic E-state index is 12.9. The van der Waals surface area contributed by atoms with Crippen LogP contribution in [0.5, 0.6) is 0 Å². The second kappa shape index (κ2) is 7.56. The van der Waals surface area contributed by atoms with Gasteiger partial charge >= 0.3 is 12.1 Å². The van der Waals surface area contributed by atoms with Gasteiger partial charge in [-0.25, -0.2) is 4.39 Å². The second-order valence-electron chi connectivity index (χ2n) is 6.50. The average molecular weight is 426 g/mol. The lowest BCUT2D eigenvalue weighted by atomic mass is 10.1. The van der Waals surface area contributed by atoms with Crippen LogP contribution in [0, 0.1) is 5.82 Å². The number of aromatic nitrogens is 2. The number of thiophene rings is 1. The van der Waals surface area contributed by atoms with Gasteiger partial charge < -0.3 is 9.84 Å². The van der Waals surface area contributed by atoms with Crippen LogP contribution in [0.3, 0.4) is 0 Å². The summed E-state index contributed by atoms with van der Waals surface area (Å²) >= 11 is 1.32. The molecule has 29 heavy (non-hydrogen) atoms. The molecule has 6 nitrogen and oxygen atoms in total. The van der Waals surface area contributed by atoms with E-state index in [0.717, 1.165) is 10.4 Å². The molecule has 1 aliphatic heterocycles. The summed E-state index contributed by atoms with van der Waals surface area (Å²) in [7, 11) is 0. The smallest absolute Gasteiger partial charge is 0.329 e. The molecule has 0 atom stereocenters. The minimum Gasteiger partial charge on any atom is -0.329 e. The molecule has 0 aliphatic carbocycles. The Labute approximate surface area is 166 Å². The standard InChI is InChI=1S/C18H14F4N4O2S/c19-11-1-3-12(4-2-11)23-15(27)9-26-6-5-13-10(8-26)7-14(29-13)16-24-17(28-25-16)18(20,21)22/h1-4,7H,5-6,8-9H2,(H,23,27). The monoisotopic (exact) mass is 426 g/mol. The number of carbonyl (C=O) groups is 1. The predicted octanol–water partition coefficient (Wildman–Crippen LogP) is 3.95. The zero-order valence-corrected chi connectivity index (χ0v) is 15.6. The summed E-state index contributed by atoms with van der Waals surface area (Å²) in [5, 5.41) is 6.12. The highest BCUT2D eigenvalue weighted by atomic mass is 32.1. The molecular weight excluding hydrogens is 412 g/mol. The molecule has 0 unspecified atom stereocenters. The highest BCUT2D eigenvalue weighted by Gasteiger charge is 2.38. The predicted molar refractivity (Wildman–Crippen MR) is 96.6 cm³/mol. The minimum atomic E-state index is -4.68. The van der Waals surface area contributed by atoms with Crippen molar-refractivity contribution in [3.8, 4) is 10.7 Å². The number of anilines is 1. The van der Waals surface area contributed by atoms with Crippen LogP contribution < -0.4 is 5.32 Å². The summed E-state index contributed by atoms with van der Waals surface area (Å²) in [6, 6.07) is 7.21. The summed E-state index contributed by atoms with van der Waals surface area (Å²) in [6.45, 7) is 1.25. The van der Waals surface area contributed by atoms with E-state index in [1.54, 1.807) is 6.07 Å². The molecular formula is C18H14F4N4O2S. The number of fused-ring (bicyclic) bond motifs is 1. The third-order valence-corrected chi connectivity index (χ3v) is 5.56. The summed E-state index contributed by atoms with van der Waals surface area (Å²) in [5.74, 6) is -2.09. The number of halogens is 4. The van der Waals surface area contributed by atoms with E-state index in [0.29, 0.717) is 30.1 Å². The largest absolute Gasteiger partial charge is 0.471 e. The number of carbonyl (C=O) groups excluding carboxylic acids is 1. The first-order valence-corrected chi connectivity index (χ1v) is 9.40. The van der Waals surface area contributed by atoms with Crippen molar-refractivity contribution in [1.29, 1.82) is 0 Å². The van der Waals surface area contributed by atoms with Gasteiger partial charge in [0, 0.05) is 23.7 Å². The fraction of sp³-hybridized carbons (Fsp3) is 0.278. The van der Waals surface area contributed by atoms with Crippen LogP contribution >= 0.6 is 11.3 Å². The van der Waals surface area contributed by atoms with Gasteiger partial charge in [-0.1, -0.05) is 5.16 Å². The van der Waals surface area contributed by atoms with Gasteiger partial charge in [0.05, 0.1) is 11.4 Å². The minimum absolute atomic E-state index is 0.0997. The molecule has 1 aliphatic rings. The van der Waals surface area contributed by atoms with E-state index >= 15 is 0 Å². The van der Waals surface area contributed by atoms with Crippen LogP contribution in [0.15, 0.2) is 34.9 Å². The quantitative estimate of drug-likeness (QED) is 0.640. The second-order valence-corrected chi connectivity index (χ2v) is 7.63. The molecule has 4 rings (SSSR count). The number of amides is 1. The maximum Gasteiger partial charge on any atom is 0.471 e. The molecule has 11 heteroatoms. The third-order valence-electron chi connectivity index (χ3n) is 4.33. The van der Waals surface area contributed by atoms with E-state index in [9.17, 15) is 22.4 Å². The molecule has 3 heterocycles. The van der Waals surface area contributed by atoms with E-state index in [2.05, 4.69) is 20.0 Å². The zero-order chi connectivity index (χ0) is 20.6. The van der Waals surface area contributed by atoms with Gasteiger partial charge in [0.15, 0.2) is 0 Å². The Morgan fingerprint density at radius 3 is 2.72 bits per heavy atom. The highest BCUT2D eigenvalue weighted by molar-refractivity contribution is 7.15. The highest BCUT2D eigenvalue weighted by Crippen LogP contribution is 2.35. The summed E-state index contributed by atoms with van der Waals surface area (Å²) in [4.78, 5) is 19.1. The van der Waals surface area contributed by atoms with E-state index < -0.39 is 12.1 Å². The number of hydrogen-bond donors (Lipinski definition) is 1. The molecule has 0 spiro atoms. The van der Waals surface area contributed by atoms with Crippen molar-refractivity contribution in [2.45, 2.75) is 19.1 Å². The first-order chi connectivity index (χ1) is 13.8. The van der Waals surface area contributed by atoms with E-state index in [4.69, 9.17) is 0 Å². The Bertz CT molecular complexity index is 1030. The molecule has 0 saturated carbocycles. The van der Waals surface area contributed by atoms with Gasteiger partial charge in [-0.2, -0.15) is 18.2 Å². The SMILES string of the molecule is O=C(CN1CCc2sc(-c3noc(C(F)(F)F)n3)cc2C1)Nc1ccc(F)cc1. The van der Waals surface area contributed by atoms with Gasteiger partial charge in [-0.3, -0.25) is 9.69 Å². The third kappa shape index (κ3) is 4.46. The summed E-state index contributed by atoms with van der Waals surface area (Å²) in [6.07, 6.45) is -4.02.